The van der Waals surface area contributed by atoms with Gasteiger partial charge in [-0.3, -0.25) is 9.78 Å². The third kappa shape index (κ3) is 5.70. The molecule has 106 valence electrons. The topological polar surface area (TPSA) is 65.5 Å². The number of carbonyl (C=O) groups is 1. The van der Waals surface area contributed by atoms with Crippen molar-refractivity contribution in [2.45, 2.75) is 25.7 Å². The highest BCUT2D eigenvalue weighted by Gasteiger charge is 2.09. The molecule has 0 unspecified atom stereocenters. The van der Waals surface area contributed by atoms with Gasteiger partial charge >= 0.3 is 0 Å². The smallest absolute Gasteiger partial charge is 0.272 e. The molecule has 1 heterocycles. The van der Waals surface area contributed by atoms with Crippen molar-refractivity contribution in [3.63, 3.8) is 0 Å². The molecule has 0 saturated carbocycles. The van der Waals surface area contributed by atoms with E-state index in [0.717, 1.165) is 37.9 Å². The number of aliphatic hydroxyl groups excluding tert-OH is 1. The van der Waals surface area contributed by atoms with E-state index >= 15 is 0 Å². The van der Waals surface area contributed by atoms with E-state index < -0.39 is 0 Å². The molecular weight excluding hydrogens is 242 g/mol. The van der Waals surface area contributed by atoms with E-state index in [1.54, 1.807) is 26.4 Å². The maximum atomic E-state index is 11.8. The van der Waals surface area contributed by atoms with Crippen molar-refractivity contribution in [3.05, 3.63) is 24.0 Å². The van der Waals surface area contributed by atoms with Gasteiger partial charge in [-0.25, -0.2) is 0 Å². The molecule has 0 fully saturated rings. The molecular formula is C14H23N3O2. The summed E-state index contributed by atoms with van der Waals surface area (Å²) in [7, 11) is 3.43. The highest BCUT2D eigenvalue weighted by Crippen LogP contribution is 2.10. The summed E-state index contributed by atoms with van der Waals surface area (Å²) in [4.78, 5) is 17.3. The molecule has 0 bridgehead atoms. The molecule has 0 saturated heterocycles. The molecule has 0 aliphatic carbocycles. The number of unbranched alkanes of at least 4 members (excludes halogenated alkanes) is 3. The van der Waals surface area contributed by atoms with Crippen LogP contribution in [-0.2, 0) is 0 Å². The average Bonchev–Trinajstić information content (AvgIpc) is 2.42. The Labute approximate surface area is 114 Å². The molecule has 5 nitrogen and oxygen atoms in total. The number of anilines is 1. The fourth-order valence-corrected chi connectivity index (χ4v) is 1.71. The summed E-state index contributed by atoms with van der Waals surface area (Å²) in [5.41, 5.74) is 1.37. The van der Waals surface area contributed by atoms with Crippen molar-refractivity contribution in [3.8, 4) is 0 Å². The summed E-state index contributed by atoms with van der Waals surface area (Å²) in [6.45, 7) is 1.14. The van der Waals surface area contributed by atoms with Crippen molar-refractivity contribution >= 4 is 11.6 Å². The van der Waals surface area contributed by atoms with Crippen molar-refractivity contribution in [1.29, 1.82) is 0 Å². The molecule has 0 radical (unpaired) electrons. The van der Waals surface area contributed by atoms with E-state index in [2.05, 4.69) is 10.3 Å². The molecule has 0 spiro atoms. The van der Waals surface area contributed by atoms with Gasteiger partial charge in [0, 0.05) is 39.1 Å². The Morgan fingerprint density at radius 3 is 2.74 bits per heavy atom. The Hall–Kier alpha value is -1.62. The van der Waals surface area contributed by atoms with Crippen LogP contribution in [0.15, 0.2) is 18.3 Å². The zero-order valence-corrected chi connectivity index (χ0v) is 11.7. The number of hydrogen-bond donors (Lipinski definition) is 2. The standard InChI is InChI=1S/C14H23N3O2/c1-17(2)14(19)13-11-12(7-9-16-13)15-8-5-3-4-6-10-18/h7,9,11,18H,3-6,8,10H2,1-2H3,(H,15,16). The van der Waals surface area contributed by atoms with E-state index in [4.69, 9.17) is 5.11 Å². The Morgan fingerprint density at radius 2 is 2.05 bits per heavy atom. The second kappa shape index (κ2) is 8.48. The van der Waals surface area contributed by atoms with Gasteiger partial charge in [-0.05, 0) is 25.0 Å². The van der Waals surface area contributed by atoms with Gasteiger partial charge in [0.1, 0.15) is 5.69 Å². The van der Waals surface area contributed by atoms with Crippen molar-refractivity contribution in [2.75, 3.05) is 32.6 Å². The molecule has 19 heavy (non-hydrogen) atoms. The highest BCUT2D eigenvalue weighted by atomic mass is 16.2. The van der Waals surface area contributed by atoms with Crippen LogP contribution in [0, 0.1) is 0 Å². The van der Waals surface area contributed by atoms with Crippen LogP contribution in [0.3, 0.4) is 0 Å². The number of nitrogens with zero attached hydrogens (tertiary/aromatic N) is 2. The van der Waals surface area contributed by atoms with E-state index in [1.807, 2.05) is 6.07 Å². The molecule has 1 aromatic rings. The first-order valence-corrected chi connectivity index (χ1v) is 6.67. The summed E-state index contributed by atoms with van der Waals surface area (Å²) < 4.78 is 0. The van der Waals surface area contributed by atoms with Crippen LogP contribution in [0.4, 0.5) is 5.69 Å². The summed E-state index contributed by atoms with van der Waals surface area (Å²) in [5.74, 6) is -0.0911. The number of amides is 1. The molecule has 1 amide bonds. The van der Waals surface area contributed by atoms with E-state index in [-0.39, 0.29) is 12.5 Å². The minimum Gasteiger partial charge on any atom is -0.396 e. The third-order valence-electron chi connectivity index (χ3n) is 2.80. The van der Waals surface area contributed by atoms with Gasteiger partial charge in [-0.15, -0.1) is 0 Å². The fraction of sp³-hybridized carbons (Fsp3) is 0.571. The first-order valence-electron chi connectivity index (χ1n) is 6.67. The van der Waals surface area contributed by atoms with Gasteiger partial charge in [0.15, 0.2) is 0 Å². The maximum absolute atomic E-state index is 11.8. The first kappa shape index (κ1) is 15.4. The zero-order chi connectivity index (χ0) is 14.1. The second-order valence-corrected chi connectivity index (χ2v) is 4.69. The molecule has 2 N–H and O–H groups in total. The zero-order valence-electron chi connectivity index (χ0n) is 11.7. The van der Waals surface area contributed by atoms with E-state index in [9.17, 15) is 4.79 Å². The Kier molecular flexibility index (Phi) is 6.89. The number of hydrogen-bond acceptors (Lipinski definition) is 4. The van der Waals surface area contributed by atoms with Crippen LogP contribution in [0.25, 0.3) is 0 Å². The Bertz CT molecular complexity index is 394. The largest absolute Gasteiger partial charge is 0.396 e. The van der Waals surface area contributed by atoms with Crippen LogP contribution in [0.2, 0.25) is 0 Å². The summed E-state index contributed by atoms with van der Waals surface area (Å²) in [6, 6.07) is 3.64. The summed E-state index contributed by atoms with van der Waals surface area (Å²) in [6.07, 6.45) is 5.72. The second-order valence-electron chi connectivity index (χ2n) is 4.69. The fourth-order valence-electron chi connectivity index (χ4n) is 1.71. The lowest BCUT2D eigenvalue weighted by atomic mass is 10.2. The van der Waals surface area contributed by atoms with Crippen LogP contribution >= 0.6 is 0 Å². The monoisotopic (exact) mass is 265 g/mol. The molecule has 0 aromatic carbocycles. The van der Waals surface area contributed by atoms with E-state index in [0.29, 0.717) is 5.69 Å². The molecule has 0 aliphatic heterocycles. The number of pyridine rings is 1. The lowest BCUT2D eigenvalue weighted by Gasteiger charge is -2.11. The number of aliphatic hydroxyl groups is 1. The molecule has 0 aliphatic rings. The average molecular weight is 265 g/mol. The van der Waals surface area contributed by atoms with Gasteiger partial charge in [0.05, 0.1) is 0 Å². The van der Waals surface area contributed by atoms with Crippen LogP contribution < -0.4 is 5.32 Å². The van der Waals surface area contributed by atoms with Crippen LogP contribution in [-0.4, -0.2) is 48.1 Å². The summed E-state index contributed by atoms with van der Waals surface area (Å²) in [5, 5.41) is 12.0. The molecule has 1 rings (SSSR count). The quantitative estimate of drug-likeness (QED) is 0.703. The lowest BCUT2D eigenvalue weighted by Crippen LogP contribution is -2.22. The predicted octanol–water partition coefficient (Wildman–Crippen LogP) is 1.75. The first-order chi connectivity index (χ1) is 9.15. The van der Waals surface area contributed by atoms with Crippen LogP contribution in [0.1, 0.15) is 36.2 Å². The molecule has 1 aromatic heterocycles. The molecule has 0 atom stereocenters. The number of carbonyl (C=O) groups excluding carboxylic acids is 1. The van der Waals surface area contributed by atoms with Crippen molar-refractivity contribution in [2.24, 2.45) is 0 Å². The van der Waals surface area contributed by atoms with Crippen LogP contribution in [0.5, 0.6) is 0 Å². The van der Waals surface area contributed by atoms with Gasteiger partial charge in [-0.1, -0.05) is 12.8 Å². The van der Waals surface area contributed by atoms with Gasteiger partial charge in [0.2, 0.25) is 0 Å². The Balaban J connectivity index is 2.38. The summed E-state index contributed by atoms with van der Waals surface area (Å²) >= 11 is 0. The Morgan fingerprint density at radius 1 is 1.32 bits per heavy atom. The highest BCUT2D eigenvalue weighted by molar-refractivity contribution is 5.92. The number of aromatic nitrogens is 1. The lowest BCUT2D eigenvalue weighted by molar-refractivity contribution is 0.0822. The third-order valence-corrected chi connectivity index (χ3v) is 2.80. The SMILES string of the molecule is CN(C)C(=O)c1cc(NCCCCCCO)ccn1. The van der Waals surface area contributed by atoms with Gasteiger partial charge < -0.3 is 15.3 Å². The van der Waals surface area contributed by atoms with Gasteiger partial charge in [-0.2, -0.15) is 0 Å². The van der Waals surface area contributed by atoms with Crippen molar-refractivity contribution in [1.82, 2.24) is 9.88 Å². The van der Waals surface area contributed by atoms with E-state index in [1.165, 1.54) is 4.90 Å². The maximum Gasteiger partial charge on any atom is 0.272 e. The number of nitrogens with one attached hydrogen (secondary N) is 1. The van der Waals surface area contributed by atoms with Crippen molar-refractivity contribution < 1.29 is 9.90 Å². The number of rotatable bonds is 8. The minimum atomic E-state index is -0.0911. The van der Waals surface area contributed by atoms with Gasteiger partial charge in [0.25, 0.3) is 5.91 Å². The molecule has 5 heteroatoms. The normalized spacial score (nSPS) is 10.3. The predicted molar refractivity (Wildman–Crippen MR) is 76.3 cm³/mol. The minimum absolute atomic E-state index is 0.0911.